The van der Waals surface area contributed by atoms with Crippen LogP contribution in [0.5, 0.6) is 0 Å². The normalized spacial score (nSPS) is 32.8. The van der Waals surface area contributed by atoms with Crippen LogP contribution in [0, 0.1) is 5.92 Å². The highest BCUT2D eigenvalue weighted by Gasteiger charge is 2.25. The summed E-state index contributed by atoms with van der Waals surface area (Å²) in [6, 6.07) is 0.820. The Morgan fingerprint density at radius 1 is 1.18 bits per heavy atom. The quantitative estimate of drug-likeness (QED) is 0.745. The smallest absolute Gasteiger partial charge is 0.0594 e. The van der Waals surface area contributed by atoms with Gasteiger partial charge in [-0.3, -0.25) is 4.90 Å². The van der Waals surface area contributed by atoms with Crippen molar-refractivity contribution in [1.82, 2.24) is 9.80 Å². The Bertz CT molecular complexity index is 216. The Morgan fingerprint density at radius 3 is 2.59 bits per heavy atom. The van der Waals surface area contributed by atoms with E-state index in [-0.39, 0.29) is 0 Å². The molecule has 0 radical (unpaired) electrons. The summed E-state index contributed by atoms with van der Waals surface area (Å²) in [7, 11) is 2.31. The number of likely N-dealkylation sites (tertiary alicyclic amines) is 1. The average Bonchev–Trinajstić information content (AvgIpc) is 2.38. The molecule has 2 fully saturated rings. The van der Waals surface area contributed by atoms with E-state index in [0.29, 0.717) is 0 Å². The van der Waals surface area contributed by atoms with E-state index in [2.05, 4.69) is 23.8 Å². The van der Waals surface area contributed by atoms with Gasteiger partial charge in [0.1, 0.15) is 0 Å². The lowest BCUT2D eigenvalue weighted by Gasteiger charge is -2.38. The van der Waals surface area contributed by atoms with Crippen molar-refractivity contribution >= 4 is 0 Å². The van der Waals surface area contributed by atoms with E-state index >= 15 is 0 Å². The summed E-state index contributed by atoms with van der Waals surface area (Å²) < 4.78 is 5.39. The van der Waals surface area contributed by atoms with Crippen LogP contribution < -0.4 is 0 Å². The first-order valence-corrected chi connectivity index (χ1v) is 7.30. The van der Waals surface area contributed by atoms with Crippen LogP contribution in [0.1, 0.15) is 32.6 Å². The molecule has 0 aromatic rings. The van der Waals surface area contributed by atoms with Crippen LogP contribution in [0.4, 0.5) is 0 Å². The average molecular weight is 240 g/mol. The molecular formula is C14H28N2O. The number of hydrogen-bond donors (Lipinski definition) is 0. The van der Waals surface area contributed by atoms with Crippen molar-refractivity contribution in [3.63, 3.8) is 0 Å². The second-order valence-electron chi connectivity index (χ2n) is 5.69. The molecule has 0 aliphatic carbocycles. The van der Waals surface area contributed by atoms with Gasteiger partial charge in [-0.05, 0) is 38.8 Å². The molecule has 0 amide bonds. The topological polar surface area (TPSA) is 15.7 Å². The fraction of sp³-hybridized carbons (Fsp3) is 1.00. The van der Waals surface area contributed by atoms with Crippen LogP contribution in [-0.2, 0) is 4.74 Å². The van der Waals surface area contributed by atoms with Gasteiger partial charge in [0.25, 0.3) is 0 Å². The zero-order valence-electron chi connectivity index (χ0n) is 11.5. The summed E-state index contributed by atoms with van der Waals surface area (Å²) in [6.07, 6.45) is 5.53. The number of nitrogens with zero attached hydrogens (tertiary/aromatic N) is 2. The molecular weight excluding hydrogens is 212 g/mol. The Morgan fingerprint density at radius 2 is 1.94 bits per heavy atom. The molecule has 100 valence electrons. The van der Waals surface area contributed by atoms with Gasteiger partial charge in [-0.25, -0.2) is 0 Å². The minimum absolute atomic E-state index is 0.820. The van der Waals surface area contributed by atoms with Crippen LogP contribution in [0.25, 0.3) is 0 Å². The number of hydrogen-bond acceptors (Lipinski definition) is 3. The minimum Gasteiger partial charge on any atom is -0.379 e. The molecule has 3 heteroatoms. The summed E-state index contributed by atoms with van der Waals surface area (Å²) in [6.45, 7) is 9.02. The van der Waals surface area contributed by atoms with Crippen molar-refractivity contribution in [2.75, 3.05) is 46.4 Å². The van der Waals surface area contributed by atoms with Gasteiger partial charge in [0.15, 0.2) is 0 Å². The van der Waals surface area contributed by atoms with E-state index in [4.69, 9.17) is 4.74 Å². The first-order valence-electron chi connectivity index (χ1n) is 7.30. The molecule has 2 atom stereocenters. The molecule has 0 aromatic carbocycles. The van der Waals surface area contributed by atoms with Crippen LogP contribution in [0.3, 0.4) is 0 Å². The largest absolute Gasteiger partial charge is 0.379 e. The van der Waals surface area contributed by atoms with Crippen molar-refractivity contribution in [3.05, 3.63) is 0 Å². The number of rotatable bonds is 4. The van der Waals surface area contributed by atoms with Crippen LogP contribution in [-0.4, -0.2) is 62.3 Å². The summed E-state index contributed by atoms with van der Waals surface area (Å²) in [4.78, 5) is 5.15. The lowest BCUT2D eigenvalue weighted by Crippen LogP contribution is -2.44. The third kappa shape index (κ3) is 3.94. The highest BCUT2D eigenvalue weighted by atomic mass is 16.5. The van der Waals surface area contributed by atoms with Gasteiger partial charge in [-0.15, -0.1) is 0 Å². The SMILES string of the molecule is CC[C@@H]1CC[C@@H](CCN2CCOCC2)N(C)C1. The Labute approximate surface area is 106 Å². The van der Waals surface area contributed by atoms with Crippen molar-refractivity contribution in [2.24, 2.45) is 5.92 Å². The van der Waals surface area contributed by atoms with Gasteiger partial charge in [-0.2, -0.15) is 0 Å². The Kier molecular flexibility index (Phi) is 5.26. The van der Waals surface area contributed by atoms with Crippen LogP contribution in [0.2, 0.25) is 0 Å². The summed E-state index contributed by atoms with van der Waals surface area (Å²) in [5, 5.41) is 0. The number of piperidine rings is 1. The molecule has 2 rings (SSSR count). The molecule has 2 aliphatic rings. The highest BCUT2D eigenvalue weighted by Crippen LogP contribution is 2.24. The van der Waals surface area contributed by atoms with Gasteiger partial charge < -0.3 is 9.64 Å². The fourth-order valence-corrected chi connectivity index (χ4v) is 3.15. The predicted octanol–water partition coefficient (Wildman–Crippen LogP) is 1.83. The first-order chi connectivity index (χ1) is 8.29. The molecule has 2 heterocycles. The van der Waals surface area contributed by atoms with E-state index in [9.17, 15) is 0 Å². The molecule has 0 spiro atoms. The van der Waals surface area contributed by atoms with Gasteiger partial charge in [0, 0.05) is 25.7 Å². The summed E-state index contributed by atoms with van der Waals surface area (Å²) >= 11 is 0. The molecule has 17 heavy (non-hydrogen) atoms. The number of morpholine rings is 1. The van der Waals surface area contributed by atoms with Gasteiger partial charge in [0.2, 0.25) is 0 Å². The van der Waals surface area contributed by atoms with Crippen LogP contribution in [0.15, 0.2) is 0 Å². The first kappa shape index (κ1) is 13.3. The molecule has 0 unspecified atom stereocenters. The monoisotopic (exact) mass is 240 g/mol. The van der Waals surface area contributed by atoms with E-state index < -0.39 is 0 Å². The molecule has 2 saturated heterocycles. The lowest BCUT2D eigenvalue weighted by molar-refractivity contribution is 0.0305. The van der Waals surface area contributed by atoms with Gasteiger partial charge in [-0.1, -0.05) is 13.3 Å². The summed E-state index contributed by atoms with van der Waals surface area (Å²) in [5.74, 6) is 0.944. The van der Waals surface area contributed by atoms with Gasteiger partial charge in [0.05, 0.1) is 13.2 Å². The third-order valence-electron chi connectivity index (χ3n) is 4.54. The summed E-state index contributed by atoms with van der Waals surface area (Å²) in [5.41, 5.74) is 0. The maximum Gasteiger partial charge on any atom is 0.0594 e. The maximum absolute atomic E-state index is 5.39. The molecule has 0 saturated carbocycles. The molecule has 0 N–H and O–H groups in total. The lowest BCUT2D eigenvalue weighted by atomic mass is 9.90. The maximum atomic E-state index is 5.39. The van der Waals surface area contributed by atoms with E-state index in [0.717, 1.165) is 38.3 Å². The zero-order valence-corrected chi connectivity index (χ0v) is 11.5. The minimum atomic E-state index is 0.820. The van der Waals surface area contributed by atoms with E-state index in [1.54, 1.807) is 0 Å². The molecule has 3 nitrogen and oxygen atoms in total. The van der Waals surface area contributed by atoms with Crippen molar-refractivity contribution in [2.45, 2.75) is 38.6 Å². The molecule has 0 aromatic heterocycles. The van der Waals surface area contributed by atoms with E-state index in [1.807, 2.05) is 0 Å². The van der Waals surface area contributed by atoms with Crippen molar-refractivity contribution < 1.29 is 4.74 Å². The zero-order chi connectivity index (χ0) is 12.1. The predicted molar refractivity (Wildman–Crippen MR) is 71.3 cm³/mol. The fourth-order valence-electron chi connectivity index (χ4n) is 3.15. The Balaban J connectivity index is 1.68. The molecule has 2 aliphatic heterocycles. The third-order valence-corrected chi connectivity index (χ3v) is 4.54. The van der Waals surface area contributed by atoms with Crippen molar-refractivity contribution in [3.8, 4) is 0 Å². The number of ether oxygens (including phenoxy) is 1. The Hall–Kier alpha value is -0.120. The standard InChI is InChI=1S/C14H28N2O/c1-3-13-4-5-14(15(2)12-13)6-7-16-8-10-17-11-9-16/h13-14H,3-12H2,1-2H3/t13-,14+/m1/s1. The second-order valence-corrected chi connectivity index (χ2v) is 5.69. The van der Waals surface area contributed by atoms with Gasteiger partial charge >= 0.3 is 0 Å². The highest BCUT2D eigenvalue weighted by molar-refractivity contribution is 4.80. The van der Waals surface area contributed by atoms with E-state index in [1.165, 1.54) is 38.8 Å². The van der Waals surface area contributed by atoms with Crippen molar-refractivity contribution in [1.29, 1.82) is 0 Å². The van der Waals surface area contributed by atoms with Crippen LogP contribution >= 0.6 is 0 Å². The second kappa shape index (κ2) is 6.72. The molecule has 0 bridgehead atoms.